The van der Waals surface area contributed by atoms with Crippen LogP contribution in [-0.2, 0) is 28.6 Å². The molecule has 0 saturated heterocycles. The van der Waals surface area contributed by atoms with E-state index < -0.39 is 6.10 Å². The molecule has 0 aromatic carbocycles. The van der Waals surface area contributed by atoms with Gasteiger partial charge in [-0.15, -0.1) is 0 Å². The quantitative estimate of drug-likeness (QED) is 0.0261. The fourth-order valence-electron chi connectivity index (χ4n) is 10.3. The summed E-state index contributed by atoms with van der Waals surface area (Å²) in [4.78, 5) is 38.2. The molecule has 474 valence electrons. The predicted molar refractivity (Wildman–Crippen MR) is 358 cm³/mol. The van der Waals surface area contributed by atoms with E-state index in [1.807, 2.05) is 0 Å². The molecule has 0 bridgehead atoms. The van der Waals surface area contributed by atoms with E-state index in [4.69, 9.17) is 14.2 Å². The highest BCUT2D eigenvalue weighted by molar-refractivity contribution is 5.71. The third-order valence-electron chi connectivity index (χ3n) is 15.6. The van der Waals surface area contributed by atoms with E-state index in [0.29, 0.717) is 19.3 Å². The normalized spacial score (nSPS) is 12.6. The fraction of sp³-hybridized carbons (Fsp3) is 0.776. The number of esters is 3. The minimum Gasteiger partial charge on any atom is -0.462 e. The van der Waals surface area contributed by atoms with Gasteiger partial charge in [0.05, 0.1) is 0 Å². The highest BCUT2D eigenvalue weighted by Gasteiger charge is 2.19. The molecule has 0 saturated carbocycles. The number of hydrogen-bond donors (Lipinski definition) is 0. The lowest BCUT2D eigenvalue weighted by atomic mass is 10.0. The van der Waals surface area contributed by atoms with Gasteiger partial charge in [-0.25, -0.2) is 0 Å². The van der Waals surface area contributed by atoms with Gasteiger partial charge in [-0.1, -0.05) is 331 Å². The summed E-state index contributed by atoms with van der Waals surface area (Å²) in [6.07, 6.45) is 93.5. The van der Waals surface area contributed by atoms with E-state index in [1.54, 1.807) is 0 Å². The summed E-state index contributed by atoms with van der Waals surface area (Å²) in [5, 5.41) is 0. The zero-order valence-corrected chi connectivity index (χ0v) is 54.5. The van der Waals surface area contributed by atoms with Crippen molar-refractivity contribution in [1.29, 1.82) is 0 Å². The Balaban J connectivity index is 4.06. The molecule has 0 aromatic heterocycles. The van der Waals surface area contributed by atoms with Crippen molar-refractivity contribution in [1.82, 2.24) is 0 Å². The van der Waals surface area contributed by atoms with Crippen LogP contribution in [-0.4, -0.2) is 37.2 Å². The molecule has 0 aliphatic carbocycles. The lowest BCUT2D eigenvalue weighted by Gasteiger charge is -2.18. The van der Waals surface area contributed by atoms with Crippen LogP contribution < -0.4 is 0 Å². The van der Waals surface area contributed by atoms with Crippen LogP contribution in [0.25, 0.3) is 0 Å². The first-order valence-electron chi connectivity index (χ1n) is 35.6. The van der Waals surface area contributed by atoms with Crippen molar-refractivity contribution < 1.29 is 28.6 Å². The summed E-state index contributed by atoms with van der Waals surface area (Å²) in [6, 6.07) is 0. The fourth-order valence-corrected chi connectivity index (χ4v) is 10.3. The second-order valence-electron chi connectivity index (χ2n) is 23.8. The molecule has 82 heavy (non-hydrogen) atoms. The summed E-state index contributed by atoms with van der Waals surface area (Å²) in [5.41, 5.74) is 0. The average Bonchev–Trinajstić information content (AvgIpc) is 3.47. The van der Waals surface area contributed by atoms with Gasteiger partial charge in [0, 0.05) is 19.3 Å². The van der Waals surface area contributed by atoms with Crippen LogP contribution in [0.3, 0.4) is 0 Å². The minimum atomic E-state index is -0.777. The molecule has 1 atom stereocenters. The molecular weight excluding hydrogens is 1010 g/mol. The first-order valence-corrected chi connectivity index (χ1v) is 35.6. The van der Waals surface area contributed by atoms with E-state index >= 15 is 0 Å². The summed E-state index contributed by atoms with van der Waals surface area (Å²) < 4.78 is 16.9. The standard InChI is InChI=1S/C76H134O6/c1-4-7-10-13-16-19-21-23-25-27-29-31-33-34-35-36-37-38-39-40-41-42-44-45-47-49-51-53-55-57-60-63-66-69-75(78)81-72-73(71-80-74(77)68-65-62-59-18-15-12-9-6-3)82-76(79)70-67-64-61-58-56-54-52-50-48-46-43-32-30-28-26-24-22-20-17-14-11-8-5-2/h7,10,16,19,22-25,28-31,43,46,73H,4-6,8-9,11-15,17-18,20-21,26-27,32-42,44-45,47-72H2,1-3H3/b10-7-,19-16-,24-22-,25-23-,30-28-,31-29-,46-43-. The highest BCUT2D eigenvalue weighted by atomic mass is 16.6. The van der Waals surface area contributed by atoms with E-state index in [1.165, 1.54) is 218 Å². The second-order valence-corrected chi connectivity index (χ2v) is 23.8. The Morgan fingerprint density at radius 1 is 0.256 bits per heavy atom. The van der Waals surface area contributed by atoms with E-state index in [0.717, 1.165) is 103 Å². The van der Waals surface area contributed by atoms with Gasteiger partial charge in [-0.05, 0) is 96.3 Å². The number of hydrogen-bond acceptors (Lipinski definition) is 6. The zero-order chi connectivity index (χ0) is 59.2. The van der Waals surface area contributed by atoms with Gasteiger partial charge in [-0.2, -0.15) is 0 Å². The number of unbranched alkanes of at least 4 members (excludes halogenated alkanes) is 40. The third kappa shape index (κ3) is 67.4. The minimum absolute atomic E-state index is 0.0744. The van der Waals surface area contributed by atoms with Crippen molar-refractivity contribution in [3.63, 3.8) is 0 Å². The molecule has 0 radical (unpaired) electrons. The van der Waals surface area contributed by atoms with Crippen LogP contribution >= 0.6 is 0 Å². The second kappa shape index (κ2) is 70.1. The van der Waals surface area contributed by atoms with Crippen molar-refractivity contribution >= 4 is 17.9 Å². The van der Waals surface area contributed by atoms with Crippen molar-refractivity contribution in [3.05, 3.63) is 85.1 Å². The van der Waals surface area contributed by atoms with Crippen molar-refractivity contribution in [3.8, 4) is 0 Å². The number of carbonyl (C=O) groups excluding carboxylic acids is 3. The van der Waals surface area contributed by atoms with Crippen LogP contribution in [0.4, 0.5) is 0 Å². The number of allylic oxidation sites excluding steroid dienone is 14. The Kier molecular flexibility index (Phi) is 67.2. The van der Waals surface area contributed by atoms with Crippen LogP contribution in [0.5, 0.6) is 0 Å². The highest BCUT2D eigenvalue weighted by Crippen LogP contribution is 2.18. The van der Waals surface area contributed by atoms with Gasteiger partial charge in [0.25, 0.3) is 0 Å². The zero-order valence-electron chi connectivity index (χ0n) is 54.5. The molecule has 0 rings (SSSR count). The van der Waals surface area contributed by atoms with E-state index in [2.05, 4.69) is 106 Å². The Morgan fingerprint density at radius 2 is 0.476 bits per heavy atom. The largest absolute Gasteiger partial charge is 0.462 e. The Morgan fingerprint density at radius 3 is 0.744 bits per heavy atom. The van der Waals surface area contributed by atoms with Crippen molar-refractivity contribution in [2.24, 2.45) is 0 Å². The summed E-state index contributed by atoms with van der Waals surface area (Å²) >= 11 is 0. The molecule has 0 aromatic rings. The van der Waals surface area contributed by atoms with Crippen LogP contribution in [0.2, 0.25) is 0 Å². The maximum Gasteiger partial charge on any atom is 0.306 e. The molecule has 0 aliphatic rings. The average molecular weight is 1140 g/mol. The summed E-state index contributed by atoms with van der Waals surface area (Å²) in [6.45, 7) is 6.52. The first kappa shape index (κ1) is 78.6. The van der Waals surface area contributed by atoms with Crippen LogP contribution in [0, 0.1) is 0 Å². The van der Waals surface area contributed by atoms with Gasteiger partial charge in [-0.3, -0.25) is 14.4 Å². The lowest BCUT2D eigenvalue weighted by molar-refractivity contribution is -0.167. The van der Waals surface area contributed by atoms with E-state index in [9.17, 15) is 14.4 Å². The number of rotatable bonds is 65. The maximum absolute atomic E-state index is 12.9. The molecule has 0 N–H and O–H groups in total. The Labute approximate surface area is 509 Å². The monoisotopic (exact) mass is 1140 g/mol. The molecule has 0 fully saturated rings. The third-order valence-corrected chi connectivity index (χ3v) is 15.6. The maximum atomic E-state index is 12.9. The lowest BCUT2D eigenvalue weighted by Crippen LogP contribution is -2.30. The van der Waals surface area contributed by atoms with E-state index in [-0.39, 0.29) is 31.1 Å². The molecule has 1 unspecified atom stereocenters. The molecule has 0 spiro atoms. The van der Waals surface area contributed by atoms with Gasteiger partial charge < -0.3 is 14.2 Å². The topological polar surface area (TPSA) is 78.9 Å². The Bertz CT molecular complexity index is 1550. The molecule has 0 aliphatic heterocycles. The summed E-state index contributed by atoms with van der Waals surface area (Å²) in [5.74, 6) is -0.868. The van der Waals surface area contributed by atoms with Gasteiger partial charge in [0.15, 0.2) is 6.10 Å². The van der Waals surface area contributed by atoms with Crippen LogP contribution in [0.15, 0.2) is 85.1 Å². The molecule has 0 heterocycles. The molecule has 0 amide bonds. The summed E-state index contributed by atoms with van der Waals surface area (Å²) in [7, 11) is 0. The smallest absolute Gasteiger partial charge is 0.306 e. The van der Waals surface area contributed by atoms with Gasteiger partial charge >= 0.3 is 17.9 Å². The van der Waals surface area contributed by atoms with Gasteiger partial charge in [0.2, 0.25) is 0 Å². The SMILES string of the molecule is CC/C=C\C/C=C\C/C=C\C/C=C\CCCCCCCCCCCCCCCCCCCCCCC(=O)OCC(COC(=O)CCCCCCCCCC)OC(=O)CCCCCCCCCC/C=C\C/C=C\C/C=C\CCCCCCC. The van der Waals surface area contributed by atoms with Crippen molar-refractivity contribution in [2.75, 3.05) is 13.2 Å². The molecular formula is C76H134O6. The van der Waals surface area contributed by atoms with Crippen molar-refractivity contribution in [2.45, 2.75) is 367 Å². The molecule has 6 nitrogen and oxygen atoms in total. The first-order chi connectivity index (χ1) is 40.5. The Hall–Kier alpha value is -3.41. The van der Waals surface area contributed by atoms with Gasteiger partial charge in [0.1, 0.15) is 13.2 Å². The van der Waals surface area contributed by atoms with Crippen LogP contribution in [0.1, 0.15) is 361 Å². The predicted octanol–water partition coefficient (Wildman–Crippen LogP) is 24.6. The number of ether oxygens (including phenoxy) is 3. The number of carbonyl (C=O) groups is 3. The molecule has 6 heteroatoms.